The number of nitrogens with zero attached hydrogens (tertiary/aromatic N) is 1. The van der Waals surface area contributed by atoms with E-state index in [1.807, 2.05) is 4.90 Å². The van der Waals surface area contributed by atoms with Crippen LogP contribution in [0.3, 0.4) is 0 Å². The first-order chi connectivity index (χ1) is 7.81. The summed E-state index contributed by atoms with van der Waals surface area (Å²) in [5, 5.41) is 0. The van der Waals surface area contributed by atoms with Gasteiger partial charge in [-0.25, -0.2) is 0 Å². The van der Waals surface area contributed by atoms with Crippen LogP contribution in [0.1, 0.15) is 32.1 Å². The Morgan fingerprint density at radius 1 is 1.38 bits per heavy atom. The summed E-state index contributed by atoms with van der Waals surface area (Å²) in [6.45, 7) is 3.25. The summed E-state index contributed by atoms with van der Waals surface area (Å²) in [4.78, 5) is 14.1. The van der Waals surface area contributed by atoms with Gasteiger partial charge in [-0.05, 0) is 44.6 Å². The van der Waals surface area contributed by atoms with Crippen LogP contribution in [-0.4, -0.2) is 43.2 Å². The van der Waals surface area contributed by atoms with Crippen molar-refractivity contribution in [2.75, 3.05) is 26.2 Å². The summed E-state index contributed by atoms with van der Waals surface area (Å²) in [6, 6.07) is 0. The van der Waals surface area contributed by atoms with Gasteiger partial charge in [0.1, 0.15) is 6.10 Å². The maximum absolute atomic E-state index is 12.1. The molecule has 2 atom stereocenters. The van der Waals surface area contributed by atoms with Gasteiger partial charge in [0.15, 0.2) is 0 Å². The molecule has 2 saturated heterocycles. The first-order valence-electron chi connectivity index (χ1n) is 6.41. The molecule has 2 N–H and O–H groups in total. The van der Waals surface area contributed by atoms with Gasteiger partial charge >= 0.3 is 0 Å². The zero-order valence-corrected chi connectivity index (χ0v) is 9.86. The van der Waals surface area contributed by atoms with Gasteiger partial charge in [-0.1, -0.05) is 0 Å². The fourth-order valence-electron chi connectivity index (χ4n) is 2.64. The molecule has 4 heteroatoms. The first-order valence-corrected chi connectivity index (χ1v) is 6.41. The standard InChI is InChI=1S/C12H22N2O2/c13-6-4-10-5-7-14(9-10)12(15)11-3-1-2-8-16-11/h10-11H,1-9,13H2. The van der Waals surface area contributed by atoms with Crippen LogP contribution in [0, 0.1) is 5.92 Å². The highest BCUT2D eigenvalue weighted by atomic mass is 16.5. The van der Waals surface area contributed by atoms with Gasteiger partial charge in [0, 0.05) is 19.7 Å². The molecule has 0 aromatic heterocycles. The van der Waals surface area contributed by atoms with Crippen molar-refractivity contribution in [3.05, 3.63) is 0 Å². The molecule has 0 bridgehead atoms. The predicted molar refractivity (Wildman–Crippen MR) is 61.9 cm³/mol. The molecule has 4 nitrogen and oxygen atoms in total. The van der Waals surface area contributed by atoms with E-state index in [2.05, 4.69) is 0 Å². The van der Waals surface area contributed by atoms with Gasteiger partial charge in [0.05, 0.1) is 0 Å². The van der Waals surface area contributed by atoms with E-state index < -0.39 is 0 Å². The van der Waals surface area contributed by atoms with E-state index >= 15 is 0 Å². The van der Waals surface area contributed by atoms with Crippen molar-refractivity contribution >= 4 is 5.91 Å². The maximum atomic E-state index is 12.1. The minimum Gasteiger partial charge on any atom is -0.368 e. The highest BCUT2D eigenvalue weighted by molar-refractivity contribution is 5.81. The van der Waals surface area contributed by atoms with Gasteiger partial charge in [-0.2, -0.15) is 0 Å². The van der Waals surface area contributed by atoms with Crippen molar-refractivity contribution in [3.63, 3.8) is 0 Å². The Morgan fingerprint density at radius 2 is 2.25 bits per heavy atom. The number of carbonyl (C=O) groups excluding carboxylic acids is 1. The molecule has 0 aromatic carbocycles. The van der Waals surface area contributed by atoms with E-state index in [1.165, 1.54) is 0 Å². The molecule has 0 aliphatic carbocycles. The maximum Gasteiger partial charge on any atom is 0.251 e. The van der Waals surface area contributed by atoms with E-state index in [0.29, 0.717) is 5.92 Å². The van der Waals surface area contributed by atoms with Crippen LogP contribution < -0.4 is 5.73 Å². The second-order valence-electron chi connectivity index (χ2n) is 4.87. The van der Waals surface area contributed by atoms with Crippen molar-refractivity contribution in [1.29, 1.82) is 0 Å². The quantitative estimate of drug-likeness (QED) is 0.772. The SMILES string of the molecule is NCCC1CCN(C(=O)C2CCCCO2)C1. The minimum absolute atomic E-state index is 0.162. The molecular formula is C12H22N2O2. The highest BCUT2D eigenvalue weighted by Crippen LogP contribution is 2.22. The minimum atomic E-state index is -0.162. The molecule has 2 aliphatic rings. The molecule has 16 heavy (non-hydrogen) atoms. The zero-order chi connectivity index (χ0) is 11.4. The monoisotopic (exact) mass is 226 g/mol. The van der Waals surface area contributed by atoms with Crippen LogP contribution in [0.5, 0.6) is 0 Å². The van der Waals surface area contributed by atoms with Gasteiger partial charge in [0.2, 0.25) is 0 Å². The number of likely N-dealkylation sites (tertiary alicyclic amines) is 1. The van der Waals surface area contributed by atoms with Gasteiger partial charge in [0.25, 0.3) is 5.91 Å². The number of hydrogen-bond acceptors (Lipinski definition) is 3. The molecule has 0 radical (unpaired) electrons. The molecular weight excluding hydrogens is 204 g/mol. The van der Waals surface area contributed by atoms with Crippen LogP contribution >= 0.6 is 0 Å². The lowest BCUT2D eigenvalue weighted by Crippen LogP contribution is -2.40. The topological polar surface area (TPSA) is 55.6 Å². The Balaban J connectivity index is 1.81. The van der Waals surface area contributed by atoms with Crippen molar-refractivity contribution in [2.24, 2.45) is 11.7 Å². The normalized spacial score (nSPS) is 30.7. The summed E-state index contributed by atoms with van der Waals surface area (Å²) < 4.78 is 5.53. The highest BCUT2D eigenvalue weighted by Gasteiger charge is 2.31. The van der Waals surface area contributed by atoms with Crippen molar-refractivity contribution in [3.8, 4) is 0 Å². The van der Waals surface area contributed by atoms with Crippen LogP contribution in [0.4, 0.5) is 0 Å². The number of nitrogens with two attached hydrogens (primary N) is 1. The van der Waals surface area contributed by atoms with Crippen LogP contribution in [-0.2, 0) is 9.53 Å². The molecule has 0 spiro atoms. The largest absolute Gasteiger partial charge is 0.368 e. The number of carbonyl (C=O) groups is 1. The van der Waals surface area contributed by atoms with E-state index in [4.69, 9.17) is 10.5 Å². The van der Waals surface area contributed by atoms with Gasteiger partial charge < -0.3 is 15.4 Å². The van der Waals surface area contributed by atoms with E-state index in [9.17, 15) is 4.79 Å². The lowest BCUT2D eigenvalue weighted by molar-refractivity contribution is -0.145. The summed E-state index contributed by atoms with van der Waals surface area (Å²) in [5.74, 6) is 0.816. The Kier molecular flexibility index (Phi) is 4.18. The number of ether oxygens (including phenoxy) is 1. The molecule has 2 heterocycles. The molecule has 0 aromatic rings. The lowest BCUT2D eigenvalue weighted by atomic mass is 10.1. The summed E-state index contributed by atoms with van der Waals surface area (Å²) in [6.07, 6.45) is 5.10. The number of rotatable bonds is 3. The first kappa shape index (κ1) is 11.9. The number of hydrogen-bond donors (Lipinski definition) is 1. The third kappa shape index (κ3) is 2.74. The second kappa shape index (κ2) is 5.64. The predicted octanol–water partition coefficient (Wildman–Crippen LogP) is 0.753. The molecule has 92 valence electrons. The molecule has 0 saturated carbocycles. The molecule has 2 fully saturated rings. The molecule has 1 amide bonds. The Bertz CT molecular complexity index is 239. The average molecular weight is 226 g/mol. The molecule has 2 unspecified atom stereocenters. The van der Waals surface area contributed by atoms with E-state index in [0.717, 1.165) is 58.3 Å². The van der Waals surface area contributed by atoms with Gasteiger partial charge in [-0.3, -0.25) is 4.79 Å². The van der Waals surface area contributed by atoms with E-state index in [-0.39, 0.29) is 12.0 Å². The zero-order valence-electron chi connectivity index (χ0n) is 9.86. The van der Waals surface area contributed by atoms with Crippen LogP contribution in [0.15, 0.2) is 0 Å². The molecule has 2 rings (SSSR count). The summed E-state index contributed by atoms with van der Waals surface area (Å²) in [7, 11) is 0. The molecule has 2 aliphatic heterocycles. The van der Waals surface area contributed by atoms with E-state index in [1.54, 1.807) is 0 Å². The Hall–Kier alpha value is -0.610. The second-order valence-corrected chi connectivity index (χ2v) is 4.87. The summed E-state index contributed by atoms with van der Waals surface area (Å²) >= 11 is 0. The van der Waals surface area contributed by atoms with Crippen molar-refractivity contribution in [1.82, 2.24) is 4.90 Å². The van der Waals surface area contributed by atoms with Crippen LogP contribution in [0.2, 0.25) is 0 Å². The number of amides is 1. The third-order valence-electron chi connectivity index (χ3n) is 3.63. The Morgan fingerprint density at radius 3 is 2.94 bits per heavy atom. The average Bonchev–Trinajstić information content (AvgIpc) is 2.78. The summed E-state index contributed by atoms with van der Waals surface area (Å²) in [5.41, 5.74) is 5.54. The third-order valence-corrected chi connectivity index (χ3v) is 3.63. The van der Waals surface area contributed by atoms with Crippen molar-refractivity contribution < 1.29 is 9.53 Å². The Labute approximate surface area is 97.1 Å². The fraction of sp³-hybridized carbons (Fsp3) is 0.917. The van der Waals surface area contributed by atoms with Gasteiger partial charge in [-0.15, -0.1) is 0 Å². The van der Waals surface area contributed by atoms with Crippen LogP contribution in [0.25, 0.3) is 0 Å². The van der Waals surface area contributed by atoms with Crippen molar-refractivity contribution in [2.45, 2.75) is 38.2 Å². The lowest BCUT2D eigenvalue weighted by Gasteiger charge is -2.26. The fourth-order valence-corrected chi connectivity index (χ4v) is 2.64. The smallest absolute Gasteiger partial charge is 0.251 e.